The van der Waals surface area contributed by atoms with Crippen LogP contribution in [-0.2, 0) is 6.54 Å². The fourth-order valence-corrected chi connectivity index (χ4v) is 1.98. The van der Waals surface area contributed by atoms with Gasteiger partial charge in [0.05, 0.1) is 0 Å². The molecule has 0 fully saturated rings. The molecule has 88 valence electrons. The summed E-state index contributed by atoms with van der Waals surface area (Å²) >= 11 is 0. The lowest BCUT2D eigenvalue weighted by molar-refractivity contribution is 1.12. The molecule has 2 heterocycles. The Bertz CT molecular complexity index is 645. The molecule has 0 bridgehead atoms. The van der Waals surface area contributed by atoms with Gasteiger partial charge in [-0.05, 0) is 23.8 Å². The van der Waals surface area contributed by atoms with Crippen LogP contribution < -0.4 is 5.32 Å². The van der Waals surface area contributed by atoms with Gasteiger partial charge in [0.25, 0.3) is 0 Å². The fraction of sp³-hybridized carbons (Fsp3) is 0.0667. The van der Waals surface area contributed by atoms with Crippen LogP contribution >= 0.6 is 0 Å². The van der Waals surface area contributed by atoms with Crippen LogP contribution in [0.25, 0.3) is 10.8 Å². The molecule has 0 spiro atoms. The molecule has 0 radical (unpaired) electrons. The number of aromatic nitrogens is 2. The first-order valence-corrected chi connectivity index (χ1v) is 5.89. The molecule has 18 heavy (non-hydrogen) atoms. The van der Waals surface area contributed by atoms with Gasteiger partial charge in [0.1, 0.15) is 0 Å². The summed E-state index contributed by atoms with van der Waals surface area (Å²) in [5.41, 5.74) is 2.29. The van der Waals surface area contributed by atoms with Crippen LogP contribution in [0.3, 0.4) is 0 Å². The van der Waals surface area contributed by atoms with E-state index in [1.807, 2.05) is 36.8 Å². The smallest absolute Gasteiger partial charge is 0.0423 e. The number of anilines is 1. The highest BCUT2D eigenvalue weighted by molar-refractivity contribution is 5.93. The van der Waals surface area contributed by atoms with Crippen LogP contribution in [0.1, 0.15) is 5.56 Å². The molecule has 3 nitrogen and oxygen atoms in total. The van der Waals surface area contributed by atoms with E-state index in [1.54, 1.807) is 6.20 Å². The molecule has 1 N–H and O–H groups in total. The van der Waals surface area contributed by atoms with Gasteiger partial charge in [0.2, 0.25) is 0 Å². The number of rotatable bonds is 3. The Kier molecular flexibility index (Phi) is 2.88. The molecule has 3 aromatic rings. The molecule has 0 unspecified atom stereocenters. The van der Waals surface area contributed by atoms with Gasteiger partial charge in [-0.2, -0.15) is 0 Å². The van der Waals surface area contributed by atoms with Crippen molar-refractivity contribution in [3.05, 3.63) is 66.7 Å². The molecule has 3 rings (SSSR count). The molecule has 3 heteroatoms. The van der Waals surface area contributed by atoms with Crippen molar-refractivity contribution in [2.75, 3.05) is 5.32 Å². The van der Waals surface area contributed by atoms with Crippen molar-refractivity contribution in [1.82, 2.24) is 9.97 Å². The topological polar surface area (TPSA) is 37.8 Å². The zero-order chi connectivity index (χ0) is 12.2. The highest BCUT2D eigenvalue weighted by Crippen LogP contribution is 2.22. The van der Waals surface area contributed by atoms with Crippen molar-refractivity contribution in [2.45, 2.75) is 6.54 Å². The van der Waals surface area contributed by atoms with Crippen LogP contribution in [-0.4, -0.2) is 9.97 Å². The second kappa shape index (κ2) is 4.84. The Morgan fingerprint density at radius 3 is 2.72 bits per heavy atom. The minimum absolute atomic E-state index is 0.773. The van der Waals surface area contributed by atoms with E-state index in [0.29, 0.717) is 0 Å². The third-order valence-corrected chi connectivity index (χ3v) is 2.89. The van der Waals surface area contributed by atoms with Crippen LogP contribution in [0.5, 0.6) is 0 Å². The van der Waals surface area contributed by atoms with Crippen molar-refractivity contribution < 1.29 is 0 Å². The standard InChI is InChI=1S/C15H13N3/c1-4-13-11-17-8-6-14(13)15(5-1)18-10-12-3-2-7-16-9-12/h1-9,11,18H,10H2. The number of nitrogens with one attached hydrogen (secondary N) is 1. The molecule has 0 aliphatic heterocycles. The predicted octanol–water partition coefficient (Wildman–Crippen LogP) is 3.24. The van der Waals surface area contributed by atoms with Crippen LogP contribution in [0, 0.1) is 0 Å². The number of hydrogen-bond donors (Lipinski definition) is 1. The van der Waals surface area contributed by atoms with Gasteiger partial charge in [-0.1, -0.05) is 18.2 Å². The lowest BCUT2D eigenvalue weighted by Crippen LogP contribution is -2.00. The Balaban J connectivity index is 1.87. The van der Waals surface area contributed by atoms with E-state index in [0.717, 1.165) is 17.6 Å². The monoisotopic (exact) mass is 235 g/mol. The Hall–Kier alpha value is -2.42. The third-order valence-electron chi connectivity index (χ3n) is 2.89. The van der Waals surface area contributed by atoms with Crippen LogP contribution in [0.4, 0.5) is 5.69 Å². The minimum atomic E-state index is 0.773. The fourth-order valence-electron chi connectivity index (χ4n) is 1.98. The zero-order valence-electron chi connectivity index (χ0n) is 9.88. The van der Waals surface area contributed by atoms with E-state index < -0.39 is 0 Å². The number of fused-ring (bicyclic) bond motifs is 1. The van der Waals surface area contributed by atoms with Crippen molar-refractivity contribution in [1.29, 1.82) is 0 Å². The SMILES string of the molecule is c1cncc(CNc2cccc3cnccc23)c1. The Morgan fingerprint density at radius 1 is 0.889 bits per heavy atom. The average molecular weight is 235 g/mol. The molecule has 0 aliphatic carbocycles. The van der Waals surface area contributed by atoms with Crippen LogP contribution in [0.2, 0.25) is 0 Å². The van der Waals surface area contributed by atoms with Gasteiger partial charge < -0.3 is 5.32 Å². The predicted molar refractivity (Wildman–Crippen MR) is 73.3 cm³/mol. The molecule has 0 aliphatic rings. The van der Waals surface area contributed by atoms with Gasteiger partial charge in [-0.3, -0.25) is 9.97 Å². The summed E-state index contributed by atoms with van der Waals surface area (Å²) in [5, 5.41) is 5.77. The van der Waals surface area contributed by atoms with Crippen molar-refractivity contribution >= 4 is 16.5 Å². The molecule has 1 aromatic carbocycles. The molecular weight excluding hydrogens is 222 g/mol. The maximum atomic E-state index is 4.13. The van der Waals surface area contributed by atoms with Crippen molar-refractivity contribution in [3.8, 4) is 0 Å². The lowest BCUT2D eigenvalue weighted by atomic mass is 10.1. The summed E-state index contributed by atoms with van der Waals surface area (Å²) in [7, 11) is 0. The van der Waals surface area contributed by atoms with Gasteiger partial charge in [-0.15, -0.1) is 0 Å². The second-order valence-electron chi connectivity index (χ2n) is 4.12. The van der Waals surface area contributed by atoms with E-state index in [4.69, 9.17) is 0 Å². The molecule has 2 aromatic heterocycles. The lowest BCUT2D eigenvalue weighted by Gasteiger charge is -2.09. The first kappa shape index (κ1) is 10.7. The number of nitrogens with zero attached hydrogens (tertiary/aromatic N) is 2. The van der Waals surface area contributed by atoms with Crippen LogP contribution in [0.15, 0.2) is 61.2 Å². The third kappa shape index (κ3) is 2.15. The van der Waals surface area contributed by atoms with E-state index in [-0.39, 0.29) is 0 Å². The maximum Gasteiger partial charge on any atom is 0.0423 e. The van der Waals surface area contributed by atoms with E-state index >= 15 is 0 Å². The van der Waals surface area contributed by atoms with Gasteiger partial charge in [-0.25, -0.2) is 0 Å². The Morgan fingerprint density at radius 2 is 1.83 bits per heavy atom. The normalized spacial score (nSPS) is 10.4. The molecule has 0 saturated carbocycles. The van der Waals surface area contributed by atoms with E-state index in [9.17, 15) is 0 Å². The quantitative estimate of drug-likeness (QED) is 0.757. The van der Waals surface area contributed by atoms with E-state index in [2.05, 4.69) is 33.5 Å². The Labute approximate surface area is 106 Å². The van der Waals surface area contributed by atoms with Crippen molar-refractivity contribution in [2.24, 2.45) is 0 Å². The summed E-state index contributed by atoms with van der Waals surface area (Å²) in [6, 6.07) is 12.2. The summed E-state index contributed by atoms with van der Waals surface area (Å²) < 4.78 is 0. The first-order chi connectivity index (χ1) is 8.93. The maximum absolute atomic E-state index is 4.13. The van der Waals surface area contributed by atoms with E-state index in [1.165, 1.54) is 10.9 Å². The van der Waals surface area contributed by atoms with Gasteiger partial charge >= 0.3 is 0 Å². The molecule has 0 saturated heterocycles. The summed E-state index contributed by atoms with van der Waals surface area (Å²) in [6.07, 6.45) is 7.36. The number of benzene rings is 1. The number of hydrogen-bond acceptors (Lipinski definition) is 3. The van der Waals surface area contributed by atoms with Gasteiger partial charge in [0.15, 0.2) is 0 Å². The molecule has 0 atom stereocenters. The molecule has 0 amide bonds. The second-order valence-corrected chi connectivity index (χ2v) is 4.12. The number of pyridine rings is 2. The largest absolute Gasteiger partial charge is 0.380 e. The summed E-state index contributed by atoms with van der Waals surface area (Å²) in [5.74, 6) is 0. The highest BCUT2D eigenvalue weighted by Gasteiger charge is 2.00. The summed E-state index contributed by atoms with van der Waals surface area (Å²) in [4.78, 5) is 8.24. The van der Waals surface area contributed by atoms with Gasteiger partial charge in [0, 0.05) is 47.8 Å². The summed E-state index contributed by atoms with van der Waals surface area (Å²) in [6.45, 7) is 0.773. The molecular formula is C15H13N3. The zero-order valence-corrected chi connectivity index (χ0v) is 9.88. The first-order valence-electron chi connectivity index (χ1n) is 5.89. The van der Waals surface area contributed by atoms with Crippen molar-refractivity contribution in [3.63, 3.8) is 0 Å². The minimum Gasteiger partial charge on any atom is -0.380 e. The highest BCUT2D eigenvalue weighted by atomic mass is 14.9. The average Bonchev–Trinajstić information content (AvgIpc) is 2.46.